The SMILES string of the molecule is CCCCCCCCP(=O)(CCCCCCCC)Nc1cccc(NP(=O)(CCCCCCCC)CCCCCCCC)n1. The lowest BCUT2D eigenvalue weighted by atomic mass is 10.1. The molecule has 0 bridgehead atoms. The largest absolute Gasteiger partial charge is 0.321 e. The first-order valence-electron chi connectivity index (χ1n) is 19.1. The summed E-state index contributed by atoms with van der Waals surface area (Å²) < 4.78 is 28.5. The molecule has 0 spiro atoms. The summed E-state index contributed by atoms with van der Waals surface area (Å²) >= 11 is 0. The lowest BCUT2D eigenvalue weighted by molar-refractivity contribution is 0.564. The van der Waals surface area contributed by atoms with E-state index in [-0.39, 0.29) is 0 Å². The van der Waals surface area contributed by atoms with Gasteiger partial charge in [-0.15, -0.1) is 0 Å². The number of nitrogens with zero attached hydrogens (tertiary/aromatic N) is 1. The van der Waals surface area contributed by atoms with Gasteiger partial charge in [0, 0.05) is 24.6 Å². The Morgan fingerprint density at radius 2 is 0.682 bits per heavy atom. The molecular weight excluding hydrogens is 580 g/mol. The van der Waals surface area contributed by atoms with Crippen LogP contribution in [0, 0.1) is 0 Å². The average Bonchev–Trinajstić information content (AvgIpc) is 3.00. The third kappa shape index (κ3) is 21.9. The van der Waals surface area contributed by atoms with Crippen LogP contribution in [0.5, 0.6) is 0 Å². The van der Waals surface area contributed by atoms with Crippen molar-refractivity contribution in [3.8, 4) is 0 Å². The molecule has 44 heavy (non-hydrogen) atoms. The lowest BCUT2D eigenvalue weighted by Crippen LogP contribution is -2.10. The molecule has 1 rings (SSSR count). The van der Waals surface area contributed by atoms with Crippen molar-refractivity contribution < 1.29 is 9.13 Å². The molecule has 2 N–H and O–H groups in total. The van der Waals surface area contributed by atoms with Gasteiger partial charge in [-0.3, -0.25) is 0 Å². The fourth-order valence-electron chi connectivity index (χ4n) is 6.01. The summed E-state index contributed by atoms with van der Waals surface area (Å²) in [7, 11) is -5.19. The van der Waals surface area contributed by atoms with E-state index < -0.39 is 14.6 Å². The van der Waals surface area contributed by atoms with Gasteiger partial charge in [-0.25, -0.2) is 4.98 Å². The number of nitrogens with one attached hydrogen (secondary N) is 2. The predicted octanol–water partition coefficient (Wildman–Crippen LogP) is 13.9. The van der Waals surface area contributed by atoms with E-state index in [0.717, 1.165) is 76.0 Å². The molecular formula is C37H73N3O2P2. The fourth-order valence-corrected chi connectivity index (χ4v) is 10.9. The van der Waals surface area contributed by atoms with Crippen molar-refractivity contribution in [3.63, 3.8) is 0 Å². The van der Waals surface area contributed by atoms with Crippen LogP contribution in [0.2, 0.25) is 0 Å². The maximum Gasteiger partial charge on any atom is 0.171 e. The molecule has 1 heterocycles. The van der Waals surface area contributed by atoms with Crippen LogP contribution >= 0.6 is 14.6 Å². The summed E-state index contributed by atoms with van der Waals surface area (Å²) in [6.45, 7) is 8.99. The molecule has 0 aliphatic rings. The Balaban J connectivity index is 2.87. The molecule has 7 heteroatoms. The maximum atomic E-state index is 14.2. The minimum Gasteiger partial charge on any atom is -0.321 e. The minimum absolute atomic E-state index is 0.668. The molecule has 1 aromatic heterocycles. The van der Waals surface area contributed by atoms with Crippen LogP contribution < -0.4 is 10.2 Å². The Labute approximate surface area is 274 Å². The normalized spacial score (nSPS) is 12.1. The molecule has 0 unspecified atom stereocenters. The van der Waals surface area contributed by atoms with Crippen molar-refractivity contribution in [3.05, 3.63) is 18.2 Å². The third-order valence-corrected chi connectivity index (χ3v) is 14.3. The van der Waals surface area contributed by atoms with Gasteiger partial charge >= 0.3 is 0 Å². The van der Waals surface area contributed by atoms with E-state index in [1.165, 1.54) is 103 Å². The van der Waals surface area contributed by atoms with Crippen LogP contribution in [0.3, 0.4) is 0 Å². The molecule has 0 radical (unpaired) electrons. The van der Waals surface area contributed by atoms with Gasteiger partial charge in [0.2, 0.25) is 0 Å². The summed E-state index contributed by atoms with van der Waals surface area (Å²) in [6, 6.07) is 5.84. The summed E-state index contributed by atoms with van der Waals surface area (Å²) in [4.78, 5) is 4.85. The topological polar surface area (TPSA) is 71.1 Å². The highest BCUT2D eigenvalue weighted by atomic mass is 31.2. The lowest BCUT2D eigenvalue weighted by Gasteiger charge is -2.23. The van der Waals surface area contributed by atoms with Gasteiger partial charge in [0.05, 0.1) is 0 Å². The molecule has 0 atom stereocenters. The van der Waals surface area contributed by atoms with E-state index in [1.54, 1.807) is 0 Å². The molecule has 1 aromatic rings. The predicted molar refractivity (Wildman–Crippen MR) is 200 cm³/mol. The Bertz CT molecular complexity index is 788. The number of unbranched alkanes of at least 4 members (excludes halogenated alkanes) is 20. The van der Waals surface area contributed by atoms with E-state index in [2.05, 4.69) is 37.9 Å². The van der Waals surface area contributed by atoms with Gasteiger partial charge in [-0.2, -0.15) is 0 Å². The quantitative estimate of drug-likeness (QED) is 0.0598. The summed E-state index contributed by atoms with van der Waals surface area (Å²) in [6.07, 6.45) is 31.8. The third-order valence-electron chi connectivity index (χ3n) is 8.88. The smallest absolute Gasteiger partial charge is 0.171 e. The first-order chi connectivity index (χ1) is 21.4. The molecule has 0 aromatic carbocycles. The van der Waals surface area contributed by atoms with Crippen LogP contribution in [0.25, 0.3) is 0 Å². The number of pyridine rings is 1. The summed E-state index contributed by atoms with van der Waals surface area (Å²) in [5.41, 5.74) is 0. The molecule has 0 fully saturated rings. The maximum absolute atomic E-state index is 14.2. The van der Waals surface area contributed by atoms with Crippen LogP contribution in [-0.4, -0.2) is 29.6 Å². The van der Waals surface area contributed by atoms with Gasteiger partial charge in [-0.05, 0) is 37.8 Å². The molecule has 0 aliphatic carbocycles. The van der Waals surface area contributed by atoms with Gasteiger partial charge in [0.15, 0.2) is 14.6 Å². The fraction of sp³-hybridized carbons (Fsp3) is 0.865. The molecule has 258 valence electrons. The Hall–Kier alpha value is -0.790. The summed E-state index contributed by atoms with van der Waals surface area (Å²) in [5.74, 6) is 1.34. The molecule has 0 saturated heterocycles. The van der Waals surface area contributed by atoms with Crippen molar-refractivity contribution in [2.75, 3.05) is 34.8 Å². The van der Waals surface area contributed by atoms with Gasteiger partial charge in [-0.1, -0.05) is 162 Å². The van der Waals surface area contributed by atoms with Crippen molar-refractivity contribution in [2.24, 2.45) is 0 Å². The Morgan fingerprint density at radius 1 is 0.432 bits per heavy atom. The Kier molecular flexibility index (Phi) is 25.6. The van der Waals surface area contributed by atoms with E-state index in [9.17, 15) is 9.13 Å². The number of hydrogen-bond acceptors (Lipinski definition) is 3. The first kappa shape index (κ1) is 41.2. The molecule has 0 amide bonds. The monoisotopic (exact) mass is 654 g/mol. The second-order valence-corrected chi connectivity index (χ2v) is 19.2. The van der Waals surface area contributed by atoms with Gasteiger partial charge in [0.25, 0.3) is 0 Å². The number of rotatable bonds is 32. The average molecular weight is 654 g/mol. The second kappa shape index (κ2) is 27.3. The number of hydrogen-bond donors (Lipinski definition) is 2. The minimum atomic E-state index is -2.60. The van der Waals surface area contributed by atoms with Gasteiger partial charge < -0.3 is 19.3 Å². The highest BCUT2D eigenvalue weighted by Crippen LogP contribution is 2.49. The van der Waals surface area contributed by atoms with Crippen LogP contribution in [0.4, 0.5) is 11.6 Å². The first-order valence-corrected chi connectivity index (χ1v) is 23.3. The zero-order valence-electron chi connectivity index (χ0n) is 29.7. The standard InChI is InChI=1S/C37H73N3O2P2/c1-5-9-13-17-21-25-32-43(41,33-26-22-18-14-10-6-2)39-36-30-29-31-37(38-36)40-44(42,34-27-23-19-15-11-7-3)35-28-24-20-16-12-8-4/h29-31H,5-28,32-35H2,1-4H3,(H2,38,39,40,41,42). The van der Waals surface area contributed by atoms with Crippen molar-refractivity contribution >= 4 is 26.2 Å². The zero-order valence-corrected chi connectivity index (χ0v) is 31.5. The molecule has 5 nitrogen and oxygen atoms in total. The van der Waals surface area contributed by atoms with Crippen LogP contribution in [0.15, 0.2) is 18.2 Å². The zero-order chi connectivity index (χ0) is 32.2. The van der Waals surface area contributed by atoms with Gasteiger partial charge in [0.1, 0.15) is 11.6 Å². The van der Waals surface area contributed by atoms with Crippen molar-refractivity contribution in [2.45, 2.75) is 182 Å². The number of anilines is 2. The number of aromatic nitrogens is 1. The molecule has 0 saturated carbocycles. The summed E-state index contributed by atoms with van der Waals surface area (Å²) in [5, 5.41) is 6.89. The van der Waals surface area contributed by atoms with Crippen molar-refractivity contribution in [1.29, 1.82) is 0 Å². The van der Waals surface area contributed by atoms with Crippen molar-refractivity contribution in [1.82, 2.24) is 4.98 Å². The second-order valence-electron chi connectivity index (χ2n) is 13.4. The highest BCUT2D eigenvalue weighted by molar-refractivity contribution is 7.65. The van der Waals surface area contributed by atoms with E-state index in [4.69, 9.17) is 4.98 Å². The van der Waals surface area contributed by atoms with E-state index >= 15 is 0 Å². The van der Waals surface area contributed by atoms with Crippen LogP contribution in [0.1, 0.15) is 182 Å². The Morgan fingerprint density at radius 3 is 0.955 bits per heavy atom. The highest BCUT2D eigenvalue weighted by Gasteiger charge is 2.24. The molecule has 0 aliphatic heterocycles. The van der Waals surface area contributed by atoms with Crippen LogP contribution in [-0.2, 0) is 9.13 Å². The van der Waals surface area contributed by atoms with E-state index in [0.29, 0.717) is 11.6 Å². The van der Waals surface area contributed by atoms with E-state index in [1.807, 2.05) is 18.2 Å².